The van der Waals surface area contributed by atoms with Gasteiger partial charge in [0.05, 0.1) is 0 Å². The van der Waals surface area contributed by atoms with Crippen LogP contribution in [0, 0.1) is 0 Å². The first-order chi connectivity index (χ1) is 5.13. The first-order valence-corrected chi connectivity index (χ1v) is 4.07. The van der Waals surface area contributed by atoms with Crippen LogP contribution in [0.2, 0.25) is 5.02 Å². The van der Waals surface area contributed by atoms with Crippen molar-refractivity contribution in [1.29, 1.82) is 0 Å². The van der Waals surface area contributed by atoms with E-state index in [1.165, 1.54) is 0 Å². The fourth-order valence-corrected chi connectivity index (χ4v) is 0.560. The Balaban J connectivity index is -0.000000150. The summed E-state index contributed by atoms with van der Waals surface area (Å²) in [5.74, 6) is 0. The number of rotatable bonds is 0. The number of benzene rings is 1. The molecule has 0 spiro atoms. The zero-order chi connectivity index (χ0) is 8.69. The van der Waals surface area contributed by atoms with Crippen LogP contribution >= 0.6 is 11.6 Å². The van der Waals surface area contributed by atoms with Gasteiger partial charge in [-0.15, -0.1) is 0 Å². The molecule has 0 atom stereocenters. The quantitative estimate of drug-likeness (QED) is 0.440. The molecule has 0 amide bonds. The van der Waals surface area contributed by atoms with E-state index in [4.69, 9.17) is 24.9 Å². The van der Waals surface area contributed by atoms with Gasteiger partial charge in [0.2, 0.25) is 0 Å². The molecule has 64 valence electrons. The molecule has 6 heteroatoms. The minimum Gasteiger partial charge on any atom is -1.00 e. The SMILES string of the molecule is Clc1ccccc1.O=S(O)O.[H-].[Na+]. The van der Waals surface area contributed by atoms with E-state index in [1.807, 2.05) is 30.3 Å². The average Bonchev–Trinajstić information content (AvgIpc) is 1.87. The molecular weight excluding hydrogens is 211 g/mol. The van der Waals surface area contributed by atoms with Gasteiger partial charge >= 0.3 is 29.6 Å². The van der Waals surface area contributed by atoms with Crippen LogP contribution in [-0.2, 0) is 11.4 Å². The van der Waals surface area contributed by atoms with Crippen LogP contribution in [-0.4, -0.2) is 13.3 Å². The molecule has 0 bridgehead atoms. The van der Waals surface area contributed by atoms with Gasteiger partial charge in [0.15, 0.2) is 0 Å². The molecule has 1 aromatic carbocycles. The van der Waals surface area contributed by atoms with Gasteiger partial charge in [-0.25, -0.2) is 0 Å². The van der Waals surface area contributed by atoms with E-state index in [0.29, 0.717) is 0 Å². The van der Waals surface area contributed by atoms with Crippen molar-refractivity contribution in [3.63, 3.8) is 0 Å². The fourth-order valence-electron chi connectivity index (χ4n) is 0.415. The van der Waals surface area contributed by atoms with Crippen molar-refractivity contribution in [3.05, 3.63) is 35.4 Å². The van der Waals surface area contributed by atoms with Crippen molar-refractivity contribution in [2.75, 3.05) is 0 Å². The van der Waals surface area contributed by atoms with Crippen molar-refractivity contribution < 1.29 is 44.3 Å². The van der Waals surface area contributed by atoms with Gasteiger partial charge in [0, 0.05) is 5.02 Å². The Morgan fingerprint density at radius 1 is 1.25 bits per heavy atom. The van der Waals surface area contributed by atoms with E-state index in [9.17, 15) is 0 Å². The molecule has 3 nitrogen and oxygen atoms in total. The summed E-state index contributed by atoms with van der Waals surface area (Å²) in [6, 6.07) is 9.44. The third-order valence-electron chi connectivity index (χ3n) is 0.733. The standard InChI is InChI=1S/C6H5Cl.Na.H2O3S.H/c7-6-4-2-1-3-5-6;;1-4(2)3;/h1-5H;;(H2,1,2,3);/q;+1;;-1. The number of hydrogen-bond donors (Lipinski definition) is 2. The van der Waals surface area contributed by atoms with E-state index in [2.05, 4.69) is 0 Å². The van der Waals surface area contributed by atoms with Crippen molar-refractivity contribution >= 4 is 23.0 Å². The smallest absolute Gasteiger partial charge is 1.00 e. The normalized spacial score (nSPS) is 8.00. The summed E-state index contributed by atoms with van der Waals surface area (Å²) in [4.78, 5) is 0. The predicted octanol–water partition coefficient (Wildman–Crippen LogP) is -0.862. The molecule has 0 fully saturated rings. The Hall–Kier alpha value is 0.580. The summed E-state index contributed by atoms with van der Waals surface area (Å²) < 4.78 is 22.8. The van der Waals surface area contributed by atoms with Crippen molar-refractivity contribution in [1.82, 2.24) is 0 Å². The Kier molecular flexibility index (Phi) is 12.1. The molecule has 2 N–H and O–H groups in total. The Labute approximate surface area is 102 Å². The van der Waals surface area contributed by atoms with E-state index in [0.717, 1.165) is 5.02 Å². The largest absolute Gasteiger partial charge is 1.00 e. The molecule has 1 aromatic rings. The van der Waals surface area contributed by atoms with Gasteiger partial charge in [-0.2, -0.15) is 4.21 Å². The van der Waals surface area contributed by atoms with Gasteiger partial charge in [-0.05, 0) is 12.1 Å². The van der Waals surface area contributed by atoms with Gasteiger partial charge in [-0.1, -0.05) is 29.8 Å². The third-order valence-corrected chi connectivity index (χ3v) is 0.985. The van der Waals surface area contributed by atoms with Crippen LogP contribution in [0.25, 0.3) is 0 Å². The maximum absolute atomic E-state index is 8.67. The summed E-state index contributed by atoms with van der Waals surface area (Å²) in [6.45, 7) is 0. The molecule has 0 saturated heterocycles. The second kappa shape index (κ2) is 9.67. The zero-order valence-corrected chi connectivity index (χ0v) is 10.0. The second-order valence-electron chi connectivity index (χ2n) is 1.53. The molecule has 0 aliphatic carbocycles. The summed E-state index contributed by atoms with van der Waals surface area (Å²) in [6.07, 6.45) is 0. The molecule has 0 saturated carbocycles. The van der Waals surface area contributed by atoms with Crippen molar-refractivity contribution in [2.45, 2.75) is 0 Å². The molecule has 1 rings (SSSR count). The van der Waals surface area contributed by atoms with Crippen LogP contribution in [0.15, 0.2) is 30.3 Å². The molecule has 12 heavy (non-hydrogen) atoms. The summed E-state index contributed by atoms with van der Waals surface area (Å²) in [5.41, 5.74) is 0. The number of halogens is 1. The molecule has 0 radical (unpaired) electrons. The Bertz CT molecular complexity index is 220. The fraction of sp³-hybridized carbons (Fsp3) is 0. The minimum absolute atomic E-state index is 0. The average molecular weight is 219 g/mol. The van der Waals surface area contributed by atoms with Gasteiger partial charge in [-0.3, -0.25) is 9.11 Å². The molecule has 0 aromatic heterocycles. The summed E-state index contributed by atoms with van der Waals surface area (Å²) in [7, 11) is 0. The van der Waals surface area contributed by atoms with E-state index < -0.39 is 11.4 Å². The summed E-state index contributed by atoms with van der Waals surface area (Å²) in [5, 5.41) is 0.794. The third kappa shape index (κ3) is 13.2. The van der Waals surface area contributed by atoms with Crippen molar-refractivity contribution in [3.8, 4) is 0 Å². The van der Waals surface area contributed by atoms with E-state index in [-0.39, 0.29) is 31.0 Å². The topological polar surface area (TPSA) is 57.5 Å². The van der Waals surface area contributed by atoms with Gasteiger partial charge in [0.1, 0.15) is 0 Å². The van der Waals surface area contributed by atoms with Crippen LogP contribution in [0.5, 0.6) is 0 Å². The van der Waals surface area contributed by atoms with Crippen LogP contribution in [0.3, 0.4) is 0 Å². The Morgan fingerprint density at radius 3 is 1.75 bits per heavy atom. The first kappa shape index (κ1) is 15.1. The molecule has 0 aliphatic rings. The van der Waals surface area contributed by atoms with Crippen molar-refractivity contribution in [2.24, 2.45) is 0 Å². The predicted molar refractivity (Wildman–Crippen MR) is 46.0 cm³/mol. The van der Waals surface area contributed by atoms with Gasteiger partial charge in [0.25, 0.3) is 11.4 Å². The molecule has 0 aliphatic heterocycles. The maximum Gasteiger partial charge on any atom is 1.00 e. The van der Waals surface area contributed by atoms with Crippen LogP contribution in [0.1, 0.15) is 1.43 Å². The van der Waals surface area contributed by atoms with E-state index in [1.54, 1.807) is 0 Å². The zero-order valence-electron chi connectivity index (χ0n) is 7.48. The Morgan fingerprint density at radius 2 is 1.58 bits per heavy atom. The van der Waals surface area contributed by atoms with Crippen LogP contribution in [0.4, 0.5) is 0 Å². The minimum atomic E-state index is -2.61. The molecular formula is C6H8ClNaO3S. The first-order valence-electron chi connectivity index (χ1n) is 2.63. The summed E-state index contributed by atoms with van der Waals surface area (Å²) >= 11 is 2.93. The monoisotopic (exact) mass is 218 g/mol. The van der Waals surface area contributed by atoms with Gasteiger partial charge < -0.3 is 1.43 Å². The number of hydrogen-bond acceptors (Lipinski definition) is 1. The molecule has 0 heterocycles. The van der Waals surface area contributed by atoms with Crippen LogP contribution < -0.4 is 29.6 Å². The maximum atomic E-state index is 8.67. The molecule has 0 unspecified atom stereocenters. The second-order valence-corrected chi connectivity index (χ2v) is 2.42. The van der Waals surface area contributed by atoms with E-state index >= 15 is 0 Å².